The van der Waals surface area contributed by atoms with Crippen LogP contribution in [0.1, 0.15) is 40.1 Å². The molecule has 0 unspecified atom stereocenters. The van der Waals surface area contributed by atoms with Gasteiger partial charge >= 0.3 is 0 Å². The number of benzene rings is 2. The summed E-state index contributed by atoms with van der Waals surface area (Å²) in [6, 6.07) is 16.4. The maximum atomic E-state index is 12.9. The fraction of sp³-hybridized carbons (Fsp3) is 0.227. The van der Waals surface area contributed by atoms with Crippen LogP contribution in [-0.4, -0.2) is 29.9 Å². The first-order valence-electron chi connectivity index (χ1n) is 9.48. The molecule has 0 saturated carbocycles. The van der Waals surface area contributed by atoms with Crippen molar-refractivity contribution in [2.24, 2.45) is 5.73 Å². The second-order valence-electron chi connectivity index (χ2n) is 6.99. The third kappa shape index (κ3) is 3.67. The summed E-state index contributed by atoms with van der Waals surface area (Å²) in [5.41, 5.74) is 8.37. The molecule has 6 nitrogen and oxygen atoms in total. The van der Waals surface area contributed by atoms with Crippen molar-refractivity contribution >= 4 is 34.1 Å². The highest BCUT2D eigenvalue weighted by Gasteiger charge is 2.18. The minimum atomic E-state index is -0.524. The third-order valence-corrected chi connectivity index (χ3v) is 5.06. The van der Waals surface area contributed by atoms with Gasteiger partial charge in [0.05, 0.1) is 16.9 Å². The molecule has 1 aromatic heterocycles. The zero-order chi connectivity index (χ0) is 19.5. The SMILES string of the molecule is NC(=O)c1ccc(N2CCCCC2)c(NC(=O)c2ccc3ccccc3n2)c1. The predicted octanol–water partition coefficient (Wildman–Crippen LogP) is 3.58. The van der Waals surface area contributed by atoms with Crippen molar-refractivity contribution in [3.8, 4) is 0 Å². The Morgan fingerprint density at radius 1 is 0.964 bits per heavy atom. The lowest BCUT2D eigenvalue weighted by Crippen LogP contribution is -2.30. The van der Waals surface area contributed by atoms with Gasteiger partial charge in [0.2, 0.25) is 5.91 Å². The average Bonchev–Trinajstić information content (AvgIpc) is 2.74. The van der Waals surface area contributed by atoms with Crippen LogP contribution in [0.15, 0.2) is 54.6 Å². The normalized spacial score (nSPS) is 14.1. The van der Waals surface area contributed by atoms with Gasteiger partial charge in [-0.25, -0.2) is 4.98 Å². The number of primary amides is 1. The fourth-order valence-electron chi connectivity index (χ4n) is 3.58. The van der Waals surface area contributed by atoms with Crippen LogP contribution in [0.3, 0.4) is 0 Å². The second-order valence-corrected chi connectivity index (χ2v) is 6.99. The van der Waals surface area contributed by atoms with Crippen LogP contribution in [0.2, 0.25) is 0 Å². The zero-order valence-corrected chi connectivity index (χ0v) is 15.5. The number of para-hydroxylation sites is 1. The number of aromatic nitrogens is 1. The molecular weight excluding hydrogens is 352 g/mol. The van der Waals surface area contributed by atoms with Crippen molar-refractivity contribution in [1.82, 2.24) is 4.98 Å². The smallest absolute Gasteiger partial charge is 0.274 e. The van der Waals surface area contributed by atoms with Crippen LogP contribution in [-0.2, 0) is 0 Å². The average molecular weight is 374 g/mol. The van der Waals surface area contributed by atoms with Crippen molar-refractivity contribution in [3.05, 3.63) is 65.9 Å². The molecule has 0 aliphatic carbocycles. The number of amides is 2. The molecule has 0 radical (unpaired) electrons. The summed E-state index contributed by atoms with van der Waals surface area (Å²) in [5, 5.41) is 3.91. The number of carbonyl (C=O) groups is 2. The maximum Gasteiger partial charge on any atom is 0.274 e. The molecule has 1 aliphatic rings. The number of pyridine rings is 1. The first-order valence-corrected chi connectivity index (χ1v) is 9.48. The van der Waals surface area contributed by atoms with Crippen LogP contribution in [0.25, 0.3) is 10.9 Å². The highest BCUT2D eigenvalue weighted by molar-refractivity contribution is 6.06. The van der Waals surface area contributed by atoms with E-state index in [1.807, 2.05) is 36.4 Å². The van der Waals surface area contributed by atoms with E-state index in [4.69, 9.17) is 5.73 Å². The van der Waals surface area contributed by atoms with Crippen LogP contribution < -0.4 is 16.0 Å². The molecule has 1 fully saturated rings. The molecule has 2 heterocycles. The van der Waals surface area contributed by atoms with E-state index in [0.717, 1.165) is 42.5 Å². The van der Waals surface area contributed by atoms with Gasteiger partial charge in [-0.2, -0.15) is 0 Å². The summed E-state index contributed by atoms with van der Waals surface area (Å²) in [7, 11) is 0. The number of nitrogens with two attached hydrogens (primary N) is 1. The van der Waals surface area contributed by atoms with E-state index in [1.165, 1.54) is 6.42 Å². The van der Waals surface area contributed by atoms with Gasteiger partial charge in [0.15, 0.2) is 0 Å². The number of piperidine rings is 1. The number of hydrogen-bond acceptors (Lipinski definition) is 4. The molecule has 1 aliphatic heterocycles. The first-order chi connectivity index (χ1) is 13.6. The summed E-state index contributed by atoms with van der Waals surface area (Å²) in [4.78, 5) is 31.2. The molecule has 6 heteroatoms. The molecule has 1 saturated heterocycles. The predicted molar refractivity (Wildman–Crippen MR) is 111 cm³/mol. The Kier molecular flexibility index (Phi) is 4.93. The van der Waals surface area contributed by atoms with Crippen LogP contribution in [0, 0.1) is 0 Å². The minimum absolute atomic E-state index is 0.314. The van der Waals surface area contributed by atoms with E-state index in [2.05, 4.69) is 15.2 Å². The zero-order valence-electron chi connectivity index (χ0n) is 15.5. The maximum absolute atomic E-state index is 12.9. The summed E-state index contributed by atoms with van der Waals surface area (Å²) in [6.07, 6.45) is 3.42. The molecule has 3 N–H and O–H groups in total. The van der Waals surface area contributed by atoms with E-state index < -0.39 is 5.91 Å². The van der Waals surface area contributed by atoms with Gasteiger partial charge in [-0.15, -0.1) is 0 Å². The molecule has 0 atom stereocenters. The number of carbonyl (C=O) groups excluding carboxylic acids is 2. The quantitative estimate of drug-likeness (QED) is 0.731. The van der Waals surface area contributed by atoms with Gasteiger partial charge in [-0.3, -0.25) is 9.59 Å². The van der Waals surface area contributed by atoms with Crippen molar-refractivity contribution in [2.75, 3.05) is 23.3 Å². The molecule has 3 aromatic rings. The summed E-state index contributed by atoms with van der Waals surface area (Å²) >= 11 is 0. The fourth-order valence-corrected chi connectivity index (χ4v) is 3.58. The minimum Gasteiger partial charge on any atom is -0.370 e. The Morgan fingerprint density at radius 3 is 2.54 bits per heavy atom. The lowest BCUT2D eigenvalue weighted by atomic mass is 10.1. The Bertz CT molecular complexity index is 1040. The molecule has 4 rings (SSSR count). The number of anilines is 2. The van der Waals surface area contributed by atoms with Crippen molar-refractivity contribution in [3.63, 3.8) is 0 Å². The Hall–Kier alpha value is -3.41. The van der Waals surface area contributed by atoms with E-state index in [9.17, 15) is 9.59 Å². The topological polar surface area (TPSA) is 88.3 Å². The molecule has 2 amide bonds. The monoisotopic (exact) mass is 374 g/mol. The van der Waals surface area contributed by atoms with Crippen LogP contribution in [0.5, 0.6) is 0 Å². The van der Waals surface area contributed by atoms with Crippen molar-refractivity contribution in [1.29, 1.82) is 0 Å². The summed E-state index contributed by atoms with van der Waals surface area (Å²) in [5.74, 6) is -0.838. The van der Waals surface area contributed by atoms with E-state index in [0.29, 0.717) is 16.9 Å². The molecule has 0 bridgehead atoms. The van der Waals surface area contributed by atoms with Gasteiger partial charge < -0.3 is 16.0 Å². The van der Waals surface area contributed by atoms with Crippen LogP contribution >= 0.6 is 0 Å². The lowest BCUT2D eigenvalue weighted by Gasteiger charge is -2.30. The Labute approximate surface area is 163 Å². The number of fused-ring (bicyclic) bond motifs is 1. The van der Waals surface area contributed by atoms with Gasteiger partial charge in [0, 0.05) is 24.0 Å². The lowest BCUT2D eigenvalue weighted by molar-refractivity contribution is 0.0995. The number of nitrogens with one attached hydrogen (secondary N) is 1. The number of rotatable bonds is 4. The van der Waals surface area contributed by atoms with Crippen molar-refractivity contribution in [2.45, 2.75) is 19.3 Å². The second kappa shape index (κ2) is 7.68. The highest BCUT2D eigenvalue weighted by Crippen LogP contribution is 2.30. The summed E-state index contributed by atoms with van der Waals surface area (Å²) < 4.78 is 0. The van der Waals surface area contributed by atoms with Gasteiger partial charge in [-0.05, 0) is 49.6 Å². The summed E-state index contributed by atoms with van der Waals surface area (Å²) in [6.45, 7) is 1.85. The van der Waals surface area contributed by atoms with E-state index in [1.54, 1.807) is 18.2 Å². The first kappa shape index (κ1) is 18.0. The van der Waals surface area contributed by atoms with E-state index >= 15 is 0 Å². The molecule has 142 valence electrons. The molecule has 0 spiro atoms. The van der Waals surface area contributed by atoms with Gasteiger partial charge in [-0.1, -0.05) is 24.3 Å². The third-order valence-electron chi connectivity index (χ3n) is 5.06. The highest BCUT2D eigenvalue weighted by atomic mass is 16.2. The number of hydrogen-bond donors (Lipinski definition) is 2. The molecule has 28 heavy (non-hydrogen) atoms. The largest absolute Gasteiger partial charge is 0.370 e. The molecular formula is C22H22N4O2. The van der Waals surface area contributed by atoms with Crippen molar-refractivity contribution < 1.29 is 9.59 Å². The standard InChI is InChI=1S/C22H22N4O2/c23-21(27)16-9-11-20(26-12-4-1-5-13-26)19(14-16)25-22(28)18-10-8-15-6-2-3-7-17(15)24-18/h2-3,6-11,14H,1,4-5,12-13H2,(H2,23,27)(H,25,28). The Balaban J connectivity index is 1.66. The van der Waals surface area contributed by atoms with E-state index in [-0.39, 0.29) is 5.91 Å². The van der Waals surface area contributed by atoms with Gasteiger partial charge in [0.1, 0.15) is 5.69 Å². The van der Waals surface area contributed by atoms with Gasteiger partial charge in [0.25, 0.3) is 5.91 Å². The van der Waals surface area contributed by atoms with Crippen LogP contribution in [0.4, 0.5) is 11.4 Å². The Morgan fingerprint density at radius 2 is 1.75 bits per heavy atom. The number of nitrogens with zero attached hydrogens (tertiary/aromatic N) is 2. The molecule has 2 aromatic carbocycles.